The van der Waals surface area contributed by atoms with Crippen LogP contribution in [0.3, 0.4) is 0 Å². The van der Waals surface area contributed by atoms with Gasteiger partial charge in [0.1, 0.15) is 18.2 Å². The highest BCUT2D eigenvalue weighted by Gasteiger charge is 2.40. The predicted octanol–water partition coefficient (Wildman–Crippen LogP) is 2.07. The number of hydrogen-bond donors (Lipinski definition) is 1. The fourth-order valence-electron chi connectivity index (χ4n) is 2.80. The summed E-state index contributed by atoms with van der Waals surface area (Å²) in [4.78, 5) is 30.4. The zero-order valence-electron chi connectivity index (χ0n) is 13.9. The van der Waals surface area contributed by atoms with E-state index in [4.69, 9.17) is 4.74 Å². The van der Waals surface area contributed by atoms with Crippen LogP contribution in [0.4, 0.5) is 10.2 Å². The van der Waals surface area contributed by atoms with Crippen LogP contribution >= 0.6 is 0 Å². The average molecular weight is 343 g/mol. The van der Waals surface area contributed by atoms with Crippen LogP contribution in [0.15, 0.2) is 42.5 Å². The summed E-state index contributed by atoms with van der Waals surface area (Å²) in [5, 5.41) is 2.71. The minimum atomic E-state index is -0.921. The predicted molar refractivity (Wildman–Crippen MR) is 89.3 cm³/mol. The van der Waals surface area contributed by atoms with Gasteiger partial charge in [-0.15, -0.1) is 0 Å². The highest BCUT2D eigenvalue weighted by Crippen LogP contribution is 2.30. The fraction of sp³-hybridized carbons (Fsp3) is 0.278. The Morgan fingerprint density at radius 3 is 2.68 bits per heavy atom. The second kappa shape index (κ2) is 6.98. The summed E-state index contributed by atoms with van der Waals surface area (Å²) in [7, 11) is 1.60. The van der Waals surface area contributed by atoms with Gasteiger partial charge in [0.05, 0.1) is 6.04 Å². The highest BCUT2D eigenvalue weighted by molar-refractivity contribution is 5.95. The lowest BCUT2D eigenvalue weighted by Crippen LogP contribution is -2.51. The zero-order chi connectivity index (χ0) is 18.0. The van der Waals surface area contributed by atoms with Gasteiger partial charge in [0, 0.05) is 12.7 Å². The molecule has 1 aromatic heterocycles. The van der Waals surface area contributed by atoms with Crippen LogP contribution in [0.25, 0.3) is 0 Å². The maximum absolute atomic E-state index is 13.2. The molecule has 1 N–H and O–H groups in total. The molecule has 2 amide bonds. The maximum Gasteiger partial charge on any atom is 0.257 e. The van der Waals surface area contributed by atoms with Crippen molar-refractivity contribution in [3.8, 4) is 0 Å². The Balaban J connectivity index is 1.87. The van der Waals surface area contributed by atoms with Gasteiger partial charge in [-0.05, 0) is 36.8 Å². The Bertz CT molecular complexity index is 794. The molecule has 2 heterocycles. The molecule has 7 heteroatoms. The number of morpholine rings is 1. The second-order valence-electron chi connectivity index (χ2n) is 5.89. The summed E-state index contributed by atoms with van der Waals surface area (Å²) in [5.41, 5.74) is 1.39. The molecule has 1 aliphatic heterocycles. The molecule has 1 fully saturated rings. The molecule has 0 saturated carbocycles. The number of benzene rings is 1. The number of aryl methyl sites for hydroxylation is 1. The average Bonchev–Trinajstić information content (AvgIpc) is 2.58. The lowest BCUT2D eigenvalue weighted by Gasteiger charge is -2.38. The molecule has 25 heavy (non-hydrogen) atoms. The zero-order valence-corrected chi connectivity index (χ0v) is 13.9. The molecular weight excluding hydrogens is 325 g/mol. The van der Waals surface area contributed by atoms with Gasteiger partial charge < -0.3 is 15.0 Å². The van der Waals surface area contributed by atoms with Crippen molar-refractivity contribution < 1.29 is 18.7 Å². The lowest BCUT2D eigenvalue weighted by atomic mass is 9.97. The Morgan fingerprint density at radius 2 is 2.00 bits per heavy atom. The molecule has 3 rings (SSSR count). The number of aromatic nitrogens is 1. The molecule has 0 bridgehead atoms. The first-order chi connectivity index (χ1) is 12.0. The third-order valence-corrected chi connectivity index (χ3v) is 4.09. The molecule has 0 radical (unpaired) electrons. The van der Waals surface area contributed by atoms with E-state index in [1.54, 1.807) is 31.3 Å². The number of anilines is 1. The SMILES string of the molecule is Cc1cccc(NC(=O)[C@@H]2OCC(=O)N(C)[C@@H]2c2ccc(F)cc2)n1. The van der Waals surface area contributed by atoms with Crippen LogP contribution in [0.5, 0.6) is 0 Å². The number of nitrogens with one attached hydrogen (secondary N) is 1. The molecule has 2 atom stereocenters. The monoisotopic (exact) mass is 343 g/mol. The molecule has 1 saturated heterocycles. The van der Waals surface area contributed by atoms with Gasteiger partial charge in [-0.3, -0.25) is 9.59 Å². The van der Waals surface area contributed by atoms with Crippen molar-refractivity contribution in [3.63, 3.8) is 0 Å². The molecule has 130 valence electrons. The van der Waals surface area contributed by atoms with Crippen LogP contribution in [0.2, 0.25) is 0 Å². The number of pyridine rings is 1. The van der Waals surface area contributed by atoms with Crippen LogP contribution < -0.4 is 5.32 Å². The van der Waals surface area contributed by atoms with Gasteiger partial charge in [0.25, 0.3) is 5.91 Å². The van der Waals surface area contributed by atoms with E-state index in [1.165, 1.54) is 17.0 Å². The van der Waals surface area contributed by atoms with Gasteiger partial charge in [-0.1, -0.05) is 18.2 Å². The van der Waals surface area contributed by atoms with Gasteiger partial charge >= 0.3 is 0 Å². The fourth-order valence-corrected chi connectivity index (χ4v) is 2.80. The molecule has 1 aromatic carbocycles. The number of nitrogens with zero attached hydrogens (tertiary/aromatic N) is 2. The molecule has 0 spiro atoms. The standard InChI is InChI=1S/C18H18FN3O3/c1-11-4-3-5-14(20-11)21-18(24)17-16(22(2)15(23)10-25-17)12-6-8-13(19)9-7-12/h3-9,16-17H,10H2,1-2H3,(H,20,21,24)/t16-,17-/m1/s1. The van der Waals surface area contributed by atoms with Crippen LogP contribution in [0.1, 0.15) is 17.3 Å². The number of likely N-dealkylation sites (N-methyl/N-ethyl adjacent to an activating group) is 1. The van der Waals surface area contributed by atoms with Gasteiger partial charge in [-0.25, -0.2) is 9.37 Å². The number of rotatable bonds is 3. The van der Waals surface area contributed by atoms with Crippen molar-refractivity contribution in [2.45, 2.75) is 19.1 Å². The first-order valence-electron chi connectivity index (χ1n) is 7.83. The third kappa shape index (κ3) is 3.66. The van der Waals surface area contributed by atoms with Gasteiger partial charge in [0.2, 0.25) is 5.91 Å². The van der Waals surface area contributed by atoms with E-state index >= 15 is 0 Å². The minimum Gasteiger partial charge on any atom is -0.356 e. The number of carbonyl (C=O) groups excluding carboxylic acids is 2. The summed E-state index contributed by atoms with van der Waals surface area (Å²) in [5.74, 6) is -0.635. The van der Waals surface area contributed by atoms with Crippen molar-refractivity contribution in [2.75, 3.05) is 19.0 Å². The van der Waals surface area contributed by atoms with Crippen LogP contribution in [-0.2, 0) is 14.3 Å². The smallest absolute Gasteiger partial charge is 0.257 e. The van der Waals surface area contributed by atoms with E-state index in [0.717, 1.165) is 5.69 Å². The van der Waals surface area contributed by atoms with Crippen molar-refractivity contribution >= 4 is 17.6 Å². The number of amides is 2. The van der Waals surface area contributed by atoms with E-state index < -0.39 is 18.1 Å². The maximum atomic E-state index is 13.2. The number of halogens is 1. The van der Waals surface area contributed by atoms with Crippen LogP contribution in [0, 0.1) is 12.7 Å². The number of ether oxygens (including phenoxy) is 1. The summed E-state index contributed by atoms with van der Waals surface area (Å²) in [6, 6.07) is 10.3. The molecule has 0 unspecified atom stereocenters. The highest BCUT2D eigenvalue weighted by atomic mass is 19.1. The molecule has 2 aromatic rings. The van der Waals surface area contributed by atoms with Crippen molar-refractivity contribution in [3.05, 3.63) is 59.5 Å². The minimum absolute atomic E-state index is 0.187. The summed E-state index contributed by atoms with van der Waals surface area (Å²) in [6.45, 7) is 1.63. The largest absolute Gasteiger partial charge is 0.356 e. The van der Waals surface area contributed by atoms with Crippen LogP contribution in [-0.4, -0.2) is 41.5 Å². The Hall–Kier alpha value is -2.80. The van der Waals surface area contributed by atoms with Gasteiger partial charge in [0.15, 0.2) is 6.10 Å². The van der Waals surface area contributed by atoms with E-state index in [-0.39, 0.29) is 18.3 Å². The van der Waals surface area contributed by atoms with Crippen molar-refractivity contribution in [2.24, 2.45) is 0 Å². The molecular formula is C18H18FN3O3. The van der Waals surface area contributed by atoms with E-state index in [1.807, 2.05) is 13.0 Å². The second-order valence-corrected chi connectivity index (χ2v) is 5.89. The quantitative estimate of drug-likeness (QED) is 0.926. The molecule has 1 aliphatic rings. The normalized spacial score (nSPS) is 20.4. The Labute approximate surface area is 144 Å². The topological polar surface area (TPSA) is 71.5 Å². The van der Waals surface area contributed by atoms with Crippen molar-refractivity contribution in [1.29, 1.82) is 0 Å². The Kier molecular flexibility index (Phi) is 4.76. The molecule has 6 nitrogen and oxygen atoms in total. The summed E-state index contributed by atoms with van der Waals surface area (Å²) in [6.07, 6.45) is -0.921. The van der Waals surface area contributed by atoms with Crippen molar-refractivity contribution in [1.82, 2.24) is 9.88 Å². The number of carbonyl (C=O) groups is 2. The summed E-state index contributed by atoms with van der Waals surface area (Å²) >= 11 is 0. The number of hydrogen-bond acceptors (Lipinski definition) is 4. The summed E-state index contributed by atoms with van der Waals surface area (Å²) < 4.78 is 18.7. The lowest BCUT2D eigenvalue weighted by molar-refractivity contribution is -0.160. The Morgan fingerprint density at radius 1 is 1.28 bits per heavy atom. The first-order valence-corrected chi connectivity index (χ1v) is 7.83. The van der Waals surface area contributed by atoms with E-state index in [9.17, 15) is 14.0 Å². The first kappa shape index (κ1) is 17.0. The van der Waals surface area contributed by atoms with Gasteiger partial charge in [-0.2, -0.15) is 0 Å². The third-order valence-electron chi connectivity index (χ3n) is 4.09. The van der Waals surface area contributed by atoms with E-state index in [0.29, 0.717) is 11.4 Å². The molecule has 0 aliphatic carbocycles. The van der Waals surface area contributed by atoms with E-state index in [2.05, 4.69) is 10.3 Å².